The maximum absolute atomic E-state index is 13.6. The van der Waals surface area contributed by atoms with Crippen LogP contribution < -0.4 is 39.4 Å². The quantitative estimate of drug-likeness (QED) is 0.418. The van der Waals surface area contributed by atoms with Gasteiger partial charge in [0, 0.05) is 0 Å². The second-order valence-corrected chi connectivity index (χ2v) is 9.29. The van der Waals surface area contributed by atoms with Crippen LogP contribution in [0.25, 0.3) is 17.5 Å². The molecule has 11 heteroatoms. The summed E-state index contributed by atoms with van der Waals surface area (Å²) in [5.41, 5.74) is 7.42. The van der Waals surface area contributed by atoms with Gasteiger partial charge >= 0.3 is 5.97 Å². The fourth-order valence-corrected chi connectivity index (χ4v) is 5.55. The van der Waals surface area contributed by atoms with Crippen molar-refractivity contribution in [2.45, 2.75) is 12.8 Å². The number of methoxy groups -OCH3 is 4. The number of carbonyl (C=O) groups is 1. The molecule has 2 N–H and O–H groups in total. The summed E-state index contributed by atoms with van der Waals surface area (Å²) in [6.45, 7) is 1.75. The van der Waals surface area contributed by atoms with Crippen LogP contribution >= 0.6 is 11.3 Å². The summed E-state index contributed by atoms with van der Waals surface area (Å²) in [6.07, 6.45) is 1.66. The van der Waals surface area contributed by atoms with Crippen LogP contribution in [0.2, 0.25) is 0 Å². The molecule has 0 amide bonds. The van der Waals surface area contributed by atoms with E-state index in [4.69, 9.17) is 29.4 Å². The minimum absolute atomic E-state index is 0.00862. The number of aromatic nitrogens is 1. The monoisotopic (exact) mass is 549 g/mol. The first-order valence-corrected chi connectivity index (χ1v) is 12.6. The Balaban J connectivity index is 2.03. The summed E-state index contributed by atoms with van der Waals surface area (Å²) >= 11 is 1.10. The minimum Gasteiger partial charge on any atom is -0.493 e. The molecule has 202 valence electrons. The first-order chi connectivity index (χ1) is 18.8. The molecule has 4 rings (SSSR count). The topological polar surface area (TPSA) is 135 Å². The predicted octanol–water partition coefficient (Wildman–Crippen LogP) is 1.94. The maximum atomic E-state index is 13.6. The third-order valence-corrected chi connectivity index (χ3v) is 7.32. The second-order valence-electron chi connectivity index (χ2n) is 8.26. The lowest BCUT2D eigenvalue weighted by Gasteiger charge is -2.25. The Kier molecular flexibility index (Phi) is 7.97. The summed E-state index contributed by atoms with van der Waals surface area (Å²) in [5.74, 6) is 0.194. The van der Waals surface area contributed by atoms with Crippen LogP contribution in [0.3, 0.4) is 0 Å². The zero-order valence-corrected chi connectivity index (χ0v) is 22.9. The van der Waals surface area contributed by atoms with Crippen molar-refractivity contribution in [2.24, 2.45) is 5.73 Å². The number of esters is 1. The molecule has 0 saturated heterocycles. The lowest BCUT2D eigenvalue weighted by molar-refractivity contribution is -0.138. The van der Waals surface area contributed by atoms with Crippen molar-refractivity contribution in [1.29, 1.82) is 5.26 Å². The number of carbonyl (C=O) groups excluding carboxylic acids is 1. The number of nitrogens with two attached hydrogens (primary N) is 1. The number of benzene rings is 2. The molecular weight excluding hydrogens is 522 g/mol. The summed E-state index contributed by atoms with van der Waals surface area (Å²) < 4.78 is 28.6. The van der Waals surface area contributed by atoms with Gasteiger partial charge in [0.25, 0.3) is 5.56 Å². The fraction of sp³-hybridized carbons (Fsp3) is 0.250. The highest BCUT2D eigenvalue weighted by Gasteiger charge is 2.37. The molecular formula is C28H27N3O7S. The molecule has 1 unspecified atom stereocenters. The molecule has 3 aromatic rings. The molecule has 1 aliphatic rings. The molecule has 1 aliphatic heterocycles. The van der Waals surface area contributed by atoms with Crippen molar-refractivity contribution in [3.8, 4) is 29.1 Å². The van der Waals surface area contributed by atoms with E-state index >= 15 is 0 Å². The first-order valence-electron chi connectivity index (χ1n) is 11.8. The van der Waals surface area contributed by atoms with Crippen molar-refractivity contribution in [3.63, 3.8) is 0 Å². The Labute approximate surface area is 228 Å². The number of hydrogen-bond donors (Lipinski definition) is 1. The van der Waals surface area contributed by atoms with E-state index in [1.54, 1.807) is 49.4 Å². The number of rotatable bonds is 8. The average molecular weight is 550 g/mol. The van der Waals surface area contributed by atoms with Crippen molar-refractivity contribution in [3.05, 3.63) is 72.6 Å². The van der Waals surface area contributed by atoms with E-state index in [1.165, 1.54) is 33.0 Å². The summed E-state index contributed by atoms with van der Waals surface area (Å²) in [6, 6.07) is 12.5. The average Bonchev–Trinajstić information content (AvgIpc) is 3.27. The molecule has 0 radical (unpaired) electrons. The number of fused-ring (bicyclic) bond motifs is 1. The van der Waals surface area contributed by atoms with E-state index in [1.807, 2.05) is 0 Å². The number of nitrogens with zero attached hydrogens (tertiary/aromatic N) is 2. The molecule has 0 bridgehead atoms. The Hall–Kier alpha value is -4.69. The van der Waals surface area contributed by atoms with Crippen molar-refractivity contribution >= 4 is 34.8 Å². The molecule has 0 fully saturated rings. The van der Waals surface area contributed by atoms with E-state index < -0.39 is 17.4 Å². The van der Waals surface area contributed by atoms with Gasteiger partial charge in [0.2, 0.25) is 0 Å². The van der Waals surface area contributed by atoms with Gasteiger partial charge in [-0.05, 0) is 48.4 Å². The van der Waals surface area contributed by atoms with Crippen molar-refractivity contribution < 1.29 is 28.5 Å². The smallest absolute Gasteiger partial charge is 0.338 e. The SMILES string of the molecule is CCOC(=O)C1=C(N)n2c(s/c(=C\c3ccc(OC)c(OC)c3)c2=O)=C(C#N)C1c1ccc(OC)c(OC)c1. The van der Waals surface area contributed by atoms with Gasteiger partial charge in [-0.15, -0.1) is 11.3 Å². The first kappa shape index (κ1) is 27.3. The van der Waals surface area contributed by atoms with Crippen LogP contribution in [-0.2, 0) is 9.53 Å². The van der Waals surface area contributed by atoms with E-state index in [-0.39, 0.29) is 23.6 Å². The lowest BCUT2D eigenvalue weighted by Crippen LogP contribution is -2.40. The molecule has 2 aromatic carbocycles. The number of ether oxygens (including phenoxy) is 5. The van der Waals surface area contributed by atoms with Crippen LogP contribution in [0.5, 0.6) is 23.0 Å². The molecule has 10 nitrogen and oxygen atoms in total. The highest BCUT2D eigenvalue weighted by atomic mass is 32.1. The zero-order valence-electron chi connectivity index (χ0n) is 22.1. The van der Waals surface area contributed by atoms with Gasteiger partial charge in [-0.2, -0.15) is 5.26 Å². The van der Waals surface area contributed by atoms with Crippen LogP contribution in [-0.4, -0.2) is 45.6 Å². The van der Waals surface area contributed by atoms with Gasteiger partial charge < -0.3 is 29.4 Å². The van der Waals surface area contributed by atoms with Crippen LogP contribution in [0.1, 0.15) is 24.0 Å². The van der Waals surface area contributed by atoms with Gasteiger partial charge in [0.15, 0.2) is 23.0 Å². The Morgan fingerprint density at radius 2 is 1.64 bits per heavy atom. The Bertz CT molecular complexity index is 1700. The molecule has 0 spiro atoms. The molecule has 0 saturated carbocycles. The summed E-state index contributed by atoms with van der Waals surface area (Å²) in [4.78, 5) is 26.8. The second kappa shape index (κ2) is 11.4. The zero-order chi connectivity index (χ0) is 28.3. The molecule has 39 heavy (non-hydrogen) atoms. The maximum Gasteiger partial charge on any atom is 0.338 e. The molecule has 1 aromatic heterocycles. The molecule has 1 atom stereocenters. The van der Waals surface area contributed by atoms with Gasteiger partial charge in [-0.1, -0.05) is 12.1 Å². The highest BCUT2D eigenvalue weighted by molar-refractivity contribution is 7.07. The van der Waals surface area contributed by atoms with Gasteiger partial charge in [0.1, 0.15) is 10.5 Å². The molecule has 0 aliphatic carbocycles. The summed E-state index contributed by atoms with van der Waals surface area (Å²) in [5, 5.41) is 10.3. The van der Waals surface area contributed by atoms with Gasteiger partial charge in [0.05, 0.1) is 62.7 Å². The third-order valence-electron chi connectivity index (χ3n) is 6.21. The standard InChI is InChI=1S/C28H27N3O7S/c1-6-38-28(33)24-23(16-8-10-19(35-3)21(13-16)37-5)17(14-29)27-31(25(24)30)26(32)22(39-27)12-15-7-9-18(34-2)20(11-15)36-4/h7-13,23H,6,30H2,1-5H3/b22-12-. The fourth-order valence-electron chi connectivity index (χ4n) is 4.42. The summed E-state index contributed by atoms with van der Waals surface area (Å²) in [7, 11) is 6.05. The largest absolute Gasteiger partial charge is 0.493 e. The van der Waals surface area contributed by atoms with E-state index in [2.05, 4.69) is 6.07 Å². The van der Waals surface area contributed by atoms with Gasteiger partial charge in [-0.3, -0.25) is 9.36 Å². The van der Waals surface area contributed by atoms with E-state index in [0.29, 0.717) is 43.3 Å². The van der Waals surface area contributed by atoms with Crippen LogP contribution in [0.15, 0.2) is 46.8 Å². The van der Waals surface area contributed by atoms with E-state index in [0.717, 1.165) is 11.3 Å². The number of thiazole rings is 1. The number of hydrogen-bond acceptors (Lipinski definition) is 10. The Morgan fingerprint density at radius 1 is 1.03 bits per heavy atom. The minimum atomic E-state index is -0.902. The third kappa shape index (κ3) is 4.82. The van der Waals surface area contributed by atoms with E-state index in [9.17, 15) is 14.9 Å². The predicted molar refractivity (Wildman–Crippen MR) is 146 cm³/mol. The molecule has 2 heterocycles. The van der Waals surface area contributed by atoms with Crippen LogP contribution in [0.4, 0.5) is 0 Å². The number of nitriles is 1. The van der Waals surface area contributed by atoms with Gasteiger partial charge in [-0.25, -0.2) is 4.79 Å². The normalized spacial score (nSPS) is 14.9. The van der Waals surface area contributed by atoms with Crippen LogP contribution in [0, 0.1) is 11.3 Å². The highest BCUT2D eigenvalue weighted by Crippen LogP contribution is 2.40. The Morgan fingerprint density at radius 3 is 2.23 bits per heavy atom. The lowest BCUT2D eigenvalue weighted by atomic mass is 9.83. The van der Waals surface area contributed by atoms with Crippen molar-refractivity contribution in [1.82, 2.24) is 4.57 Å². The van der Waals surface area contributed by atoms with Crippen molar-refractivity contribution in [2.75, 3.05) is 35.0 Å².